The number of sulfonamides is 1. The van der Waals surface area contributed by atoms with Gasteiger partial charge in [-0.2, -0.15) is 0 Å². The molecule has 4 N–H and O–H groups in total. The summed E-state index contributed by atoms with van der Waals surface area (Å²) in [6.45, 7) is 5.00. The minimum atomic E-state index is -4.10. The fourth-order valence-electron chi connectivity index (χ4n) is 1.86. The Morgan fingerprint density at radius 3 is 2.44 bits per heavy atom. The molecule has 0 aliphatic rings. The second kappa shape index (κ2) is 8.26. The summed E-state index contributed by atoms with van der Waals surface area (Å²) < 4.78 is 40.7. The lowest BCUT2D eigenvalue weighted by Crippen LogP contribution is -2.40. The third kappa shape index (κ3) is 7.48. The fraction of sp³-hybridized carbons (Fsp3) is 0.467. The summed E-state index contributed by atoms with van der Waals surface area (Å²) in [5.74, 6) is -1.91. The fourth-order valence-corrected chi connectivity index (χ4v) is 3.38. The van der Waals surface area contributed by atoms with Gasteiger partial charge in [0.1, 0.15) is 10.7 Å². The first kappa shape index (κ1) is 20.8. The lowest BCUT2D eigenvalue weighted by atomic mass is 10.1. The smallest absolute Gasteiger partial charge is 0.319 e. The van der Waals surface area contributed by atoms with E-state index in [2.05, 4.69) is 15.4 Å². The Morgan fingerprint density at radius 2 is 1.88 bits per heavy atom. The zero-order valence-corrected chi connectivity index (χ0v) is 15.0. The second-order valence-corrected chi connectivity index (χ2v) is 8.03. The third-order valence-corrected chi connectivity index (χ3v) is 4.55. The Labute approximate surface area is 145 Å². The van der Waals surface area contributed by atoms with E-state index in [1.807, 2.05) is 0 Å². The number of nitrogens with one attached hydrogen (secondary N) is 3. The molecule has 0 bridgehead atoms. The number of amides is 2. The van der Waals surface area contributed by atoms with Crippen LogP contribution in [0.3, 0.4) is 0 Å². The minimum Gasteiger partial charge on any atom is -0.481 e. The molecule has 0 unspecified atom stereocenters. The molecule has 2 amide bonds. The molecule has 0 saturated carbocycles. The molecule has 0 radical (unpaired) electrons. The van der Waals surface area contributed by atoms with Crippen molar-refractivity contribution in [3.05, 3.63) is 24.0 Å². The Morgan fingerprint density at radius 1 is 1.24 bits per heavy atom. The number of aliphatic carboxylic acids is 1. The van der Waals surface area contributed by atoms with E-state index >= 15 is 0 Å². The van der Waals surface area contributed by atoms with Gasteiger partial charge in [-0.15, -0.1) is 0 Å². The summed E-state index contributed by atoms with van der Waals surface area (Å²) in [5.41, 5.74) is -0.706. The van der Waals surface area contributed by atoms with Crippen molar-refractivity contribution in [1.29, 1.82) is 0 Å². The SMILES string of the molecule is CC(C)(C)NS(=O)(=O)c1cc(NC(=O)NCCCC(=O)O)ccc1F. The van der Waals surface area contributed by atoms with Crippen molar-refractivity contribution in [2.45, 2.75) is 44.0 Å². The standard InChI is InChI=1S/C15H22FN3O5S/c1-15(2,3)19-25(23,24)12-9-10(6-7-11(12)16)18-14(22)17-8-4-5-13(20)21/h6-7,9,19H,4-5,8H2,1-3H3,(H,20,21)(H2,17,18,22). The van der Waals surface area contributed by atoms with Crippen LogP contribution in [0.15, 0.2) is 23.1 Å². The number of hydrogen-bond donors (Lipinski definition) is 4. The number of carboxylic acid groups (broad SMARTS) is 1. The second-order valence-electron chi connectivity index (χ2n) is 6.38. The number of benzene rings is 1. The van der Waals surface area contributed by atoms with Gasteiger partial charge in [-0.25, -0.2) is 22.3 Å². The summed E-state index contributed by atoms with van der Waals surface area (Å²) in [5, 5.41) is 13.3. The summed E-state index contributed by atoms with van der Waals surface area (Å²) in [7, 11) is -4.10. The number of anilines is 1. The van der Waals surface area contributed by atoms with E-state index in [-0.39, 0.29) is 25.1 Å². The molecule has 0 heterocycles. The van der Waals surface area contributed by atoms with E-state index in [0.717, 1.165) is 12.1 Å². The summed E-state index contributed by atoms with van der Waals surface area (Å²) in [6, 6.07) is 2.53. The predicted molar refractivity (Wildman–Crippen MR) is 90.4 cm³/mol. The van der Waals surface area contributed by atoms with Gasteiger partial charge in [-0.05, 0) is 45.4 Å². The summed E-state index contributed by atoms with van der Waals surface area (Å²) >= 11 is 0. The Kier molecular flexibility index (Phi) is 6.88. The van der Waals surface area contributed by atoms with Crippen LogP contribution in [0.4, 0.5) is 14.9 Å². The quantitative estimate of drug-likeness (QED) is 0.542. The number of urea groups is 1. The van der Waals surface area contributed by atoms with Crippen molar-refractivity contribution < 1.29 is 27.5 Å². The average Bonchev–Trinajstić information content (AvgIpc) is 2.43. The van der Waals surface area contributed by atoms with Crippen LogP contribution < -0.4 is 15.4 Å². The Bertz CT molecular complexity index is 744. The minimum absolute atomic E-state index is 0.0856. The maximum atomic E-state index is 13.9. The molecule has 25 heavy (non-hydrogen) atoms. The molecule has 0 saturated heterocycles. The maximum absolute atomic E-state index is 13.9. The molecule has 0 aliphatic heterocycles. The van der Waals surface area contributed by atoms with Gasteiger partial charge >= 0.3 is 12.0 Å². The van der Waals surface area contributed by atoms with E-state index in [0.29, 0.717) is 0 Å². The normalized spacial score (nSPS) is 11.8. The summed E-state index contributed by atoms with van der Waals surface area (Å²) in [4.78, 5) is 21.5. The molecular weight excluding hydrogens is 353 g/mol. The molecule has 0 aromatic heterocycles. The molecule has 1 aromatic rings. The zero-order chi connectivity index (χ0) is 19.3. The van der Waals surface area contributed by atoms with Gasteiger partial charge in [0.15, 0.2) is 0 Å². The summed E-state index contributed by atoms with van der Waals surface area (Å²) in [6.07, 6.45) is 0.166. The van der Waals surface area contributed by atoms with Crippen LogP contribution in [0.5, 0.6) is 0 Å². The van der Waals surface area contributed by atoms with Gasteiger partial charge < -0.3 is 15.7 Å². The van der Waals surface area contributed by atoms with Crippen LogP contribution >= 0.6 is 0 Å². The predicted octanol–water partition coefficient (Wildman–Crippen LogP) is 1.89. The maximum Gasteiger partial charge on any atom is 0.319 e. The van der Waals surface area contributed by atoms with Crippen molar-refractivity contribution in [2.24, 2.45) is 0 Å². The van der Waals surface area contributed by atoms with Gasteiger partial charge in [0.25, 0.3) is 0 Å². The zero-order valence-electron chi connectivity index (χ0n) is 14.2. The van der Waals surface area contributed by atoms with Crippen LogP contribution in [0.1, 0.15) is 33.6 Å². The number of carbonyl (C=O) groups is 2. The Hall–Kier alpha value is -2.20. The lowest BCUT2D eigenvalue weighted by Gasteiger charge is -2.20. The van der Waals surface area contributed by atoms with Crippen molar-refractivity contribution in [1.82, 2.24) is 10.0 Å². The Balaban J connectivity index is 2.81. The molecule has 1 rings (SSSR count). The van der Waals surface area contributed by atoms with Crippen LogP contribution in [0.2, 0.25) is 0 Å². The van der Waals surface area contributed by atoms with Crippen molar-refractivity contribution in [3.8, 4) is 0 Å². The monoisotopic (exact) mass is 375 g/mol. The van der Waals surface area contributed by atoms with Gasteiger partial charge in [0.05, 0.1) is 0 Å². The van der Waals surface area contributed by atoms with Gasteiger partial charge in [-0.3, -0.25) is 4.79 Å². The molecular formula is C15H22FN3O5S. The highest BCUT2D eigenvalue weighted by atomic mass is 32.2. The van der Waals surface area contributed by atoms with E-state index in [1.54, 1.807) is 20.8 Å². The highest BCUT2D eigenvalue weighted by Gasteiger charge is 2.25. The van der Waals surface area contributed by atoms with Crippen molar-refractivity contribution in [2.75, 3.05) is 11.9 Å². The third-order valence-electron chi connectivity index (χ3n) is 2.77. The highest BCUT2D eigenvalue weighted by Crippen LogP contribution is 2.21. The van der Waals surface area contributed by atoms with E-state index in [9.17, 15) is 22.4 Å². The number of halogens is 1. The van der Waals surface area contributed by atoms with Crippen LogP contribution in [-0.4, -0.2) is 37.6 Å². The number of carbonyl (C=O) groups excluding carboxylic acids is 1. The molecule has 8 nitrogen and oxygen atoms in total. The van der Waals surface area contributed by atoms with E-state index in [1.165, 1.54) is 6.07 Å². The number of carboxylic acids is 1. The molecule has 0 spiro atoms. The number of rotatable bonds is 7. The molecule has 0 fully saturated rings. The van der Waals surface area contributed by atoms with E-state index in [4.69, 9.17) is 5.11 Å². The molecule has 0 atom stereocenters. The van der Waals surface area contributed by atoms with Crippen LogP contribution in [0.25, 0.3) is 0 Å². The van der Waals surface area contributed by atoms with Crippen molar-refractivity contribution >= 4 is 27.7 Å². The first-order valence-electron chi connectivity index (χ1n) is 7.51. The van der Waals surface area contributed by atoms with Crippen LogP contribution in [-0.2, 0) is 14.8 Å². The highest BCUT2D eigenvalue weighted by molar-refractivity contribution is 7.89. The molecule has 10 heteroatoms. The van der Waals surface area contributed by atoms with E-state index < -0.39 is 38.3 Å². The first-order valence-corrected chi connectivity index (χ1v) is 8.99. The topological polar surface area (TPSA) is 125 Å². The van der Waals surface area contributed by atoms with Gasteiger partial charge in [0.2, 0.25) is 10.0 Å². The van der Waals surface area contributed by atoms with Crippen LogP contribution in [0, 0.1) is 5.82 Å². The largest absolute Gasteiger partial charge is 0.481 e. The average molecular weight is 375 g/mol. The molecule has 0 aliphatic carbocycles. The number of hydrogen-bond acceptors (Lipinski definition) is 4. The van der Waals surface area contributed by atoms with Gasteiger partial charge in [-0.1, -0.05) is 0 Å². The first-order chi connectivity index (χ1) is 11.4. The molecule has 1 aromatic carbocycles. The van der Waals surface area contributed by atoms with Gasteiger partial charge in [0, 0.05) is 24.2 Å². The molecule has 140 valence electrons. The van der Waals surface area contributed by atoms with Crippen molar-refractivity contribution in [3.63, 3.8) is 0 Å². The lowest BCUT2D eigenvalue weighted by molar-refractivity contribution is -0.137.